The topological polar surface area (TPSA) is 60.4 Å². The zero-order valence-corrected chi connectivity index (χ0v) is 13.0. The minimum absolute atomic E-state index is 0.439. The Hall–Kier alpha value is -0.610. The fourth-order valence-corrected chi connectivity index (χ4v) is 2.30. The van der Waals surface area contributed by atoms with Gasteiger partial charge in [-0.15, -0.1) is 0 Å². The molecule has 0 saturated heterocycles. The van der Waals surface area contributed by atoms with Crippen molar-refractivity contribution in [2.24, 2.45) is 5.92 Å². The molecule has 0 bridgehead atoms. The van der Waals surface area contributed by atoms with E-state index in [9.17, 15) is 15.0 Å². The van der Waals surface area contributed by atoms with E-state index < -0.39 is 18.0 Å². The first kappa shape index (κ1) is 18.4. The van der Waals surface area contributed by atoms with Gasteiger partial charge in [0, 0.05) is 11.9 Å². The van der Waals surface area contributed by atoms with Crippen molar-refractivity contribution in [2.75, 3.05) is 27.7 Å². The SMILES string of the molecule is CCCCCCCCC(C(=O)[O-])C(O)C[N+](C)(C)C. The minimum Gasteiger partial charge on any atom is -0.550 e. The third-order valence-corrected chi connectivity index (χ3v) is 3.37. The van der Waals surface area contributed by atoms with Gasteiger partial charge in [0.05, 0.1) is 21.1 Å². The van der Waals surface area contributed by atoms with Crippen LogP contribution in [0, 0.1) is 5.92 Å². The first-order valence-corrected chi connectivity index (χ1v) is 7.47. The van der Waals surface area contributed by atoms with Crippen LogP contribution in [-0.4, -0.2) is 49.4 Å². The van der Waals surface area contributed by atoms with Crippen LogP contribution in [-0.2, 0) is 4.79 Å². The number of likely N-dealkylation sites (N-methyl/N-ethyl adjacent to an activating group) is 1. The first-order chi connectivity index (χ1) is 8.78. The Morgan fingerprint density at radius 3 is 2.11 bits per heavy atom. The van der Waals surface area contributed by atoms with Gasteiger partial charge in [-0.05, 0) is 6.42 Å². The van der Waals surface area contributed by atoms with Crippen molar-refractivity contribution in [3.05, 3.63) is 0 Å². The number of quaternary nitrogens is 1. The number of aliphatic carboxylic acids is 1. The lowest BCUT2D eigenvalue weighted by atomic mass is 9.94. The van der Waals surface area contributed by atoms with Crippen molar-refractivity contribution in [1.29, 1.82) is 0 Å². The molecule has 0 aromatic rings. The summed E-state index contributed by atoms with van der Waals surface area (Å²) in [6, 6.07) is 0. The lowest BCUT2D eigenvalue weighted by molar-refractivity contribution is -0.874. The van der Waals surface area contributed by atoms with Gasteiger partial charge in [0.2, 0.25) is 0 Å². The summed E-state index contributed by atoms with van der Waals surface area (Å²) in [4.78, 5) is 11.1. The maximum atomic E-state index is 11.1. The van der Waals surface area contributed by atoms with Gasteiger partial charge in [-0.1, -0.05) is 45.4 Å². The number of carbonyl (C=O) groups is 1. The largest absolute Gasteiger partial charge is 0.550 e. The third-order valence-electron chi connectivity index (χ3n) is 3.37. The molecule has 0 aliphatic carbocycles. The Kier molecular flexibility index (Phi) is 9.02. The summed E-state index contributed by atoms with van der Waals surface area (Å²) in [6.07, 6.45) is 6.43. The summed E-state index contributed by atoms with van der Waals surface area (Å²) in [5, 5.41) is 21.1. The number of aliphatic hydroxyl groups is 1. The molecule has 1 N–H and O–H groups in total. The van der Waals surface area contributed by atoms with Crippen LogP contribution >= 0.6 is 0 Å². The number of hydrogen-bond donors (Lipinski definition) is 1. The maximum absolute atomic E-state index is 11.1. The molecule has 4 heteroatoms. The molecule has 0 aliphatic heterocycles. The molecule has 0 amide bonds. The zero-order valence-electron chi connectivity index (χ0n) is 13.0. The van der Waals surface area contributed by atoms with Crippen molar-refractivity contribution in [3.8, 4) is 0 Å². The Morgan fingerprint density at radius 2 is 1.63 bits per heavy atom. The second-order valence-corrected chi connectivity index (χ2v) is 6.52. The number of aliphatic hydroxyl groups excluding tert-OH is 1. The van der Waals surface area contributed by atoms with Gasteiger partial charge in [-0.25, -0.2) is 0 Å². The molecule has 0 aromatic carbocycles. The summed E-state index contributed by atoms with van der Waals surface area (Å²) in [6.45, 7) is 2.61. The molecule has 0 rings (SSSR count). The summed E-state index contributed by atoms with van der Waals surface area (Å²) < 4.78 is 0.557. The van der Waals surface area contributed by atoms with Gasteiger partial charge in [-0.3, -0.25) is 0 Å². The quantitative estimate of drug-likeness (QED) is 0.454. The van der Waals surface area contributed by atoms with Crippen molar-refractivity contribution >= 4 is 5.97 Å². The molecule has 0 heterocycles. The first-order valence-electron chi connectivity index (χ1n) is 7.47. The van der Waals surface area contributed by atoms with Crippen LogP contribution in [0.4, 0.5) is 0 Å². The van der Waals surface area contributed by atoms with Gasteiger partial charge in [-0.2, -0.15) is 0 Å². The van der Waals surface area contributed by atoms with E-state index in [4.69, 9.17) is 0 Å². The second-order valence-electron chi connectivity index (χ2n) is 6.52. The van der Waals surface area contributed by atoms with Crippen LogP contribution in [0.1, 0.15) is 51.9 Å². The maximum Gasteiger partial charge on any atom is 0.111 e. The van der Waals surface area contributed by atoms with Crippen molar-refractivity contribution in [3.63, 3.8) is 0 Å². The highest BCUT2D eigenvalue weighted by atomic mass is 16.4. The molecule has 114 valence electrons. The van der Waals surface area contributed by atoms with Crippen LogP contribution in [0.3, 0.4) is 0 Å². The number of unbranched alkanes of at least 4 members (excludes halogenated alkanes) is 5. The average molecular weight is 273 g/mol. The Balaban J connectivity index is 4.02. The highest BCUT2D eigenvalue weighted by molar-refractivity contribution is 5.68. The fraction of sp³-hybridized carbons (Fsp3) is 0.933. The van der Waals surface area contributed by atoms with E-state index in [2.05, 4.69) is 6.92 Å². The van der Waals surface area contributed by atoms with E-state index in [-0.39, 0.29) is 0 Å². The van der Waals surface area contributed by atoms with Crippen LogP contribution in [0.2, 0.25) is 0 Å². The van der Waals surface area contributed by atoms with E-state index in [1.807, 2.05) is 21.1 Å². The predicted molar refractivity (Wildman–Crippen MR) is 75.4 cm³/mol. The fourth-order valence-electron chi connectivity index (χ4n) is 2.30. The number of nitrogens with zero attached hydrogens (tertiary/aromatic N) is 1. The van der Waals surface area contributed by atoms with E-state index in [1.165, 1.54) is 19.3 Å². The van der Waals surface area contributed by atoms with Crippen LogP contribution in [0.25, 0.3) is 0 Å². The molecule has 19 heavy (non-hydrogen) atoms. The lowest BCUT2D eigenvalue weighted by Crippen LogP contribution is -2.48. The predicted octanol–water partition coefficient (Wildman–Crippen LogP) is 1.17. The minimum atomic E-state index is -1.12. The molecule has 0 fully saturated rings. The summed E-state index contributed by atoms with van der Waals surface area (Å²) in [5.74, 6) is -1.85. The summed E-state index contributed by atoms with van der Waals surface area (Å²) >= 11 is 0. The molecule has 0 radical (unpaired) electrons. The summed E-state index contributed by atoms with van der Waals surface area (Å²) in [5.41, 5.74) is 0. The molecule has 0 spiro atoms. The van der Waals surface area contributed by atoms with Crippen LogP contribution in [0.15, 0.2) is 0 Å². The molecular formula is C15H31NO3. The normalized spacial score (nSPS) is 15.2. The van der Waals surface area contributed by atoms with Crippen LogP contribution < -0.4 is 5.11 Å². The Morgan fingerprint density at radius 1 is 1.11 bits per heavy atom. The van der Waals surface area contributed by atoms with E-state index >= 15 is 0 Å². The number of carbonyl (C=O) groups excluding carboxylic acids is 1. The van der Waals surface area contributed by atoms with Gasteiger partial charge in [0.15, 0.2) is 0 Å². The lowest BCUT2D eigenvalue weighted by Gasteiger charge is -2.31. The van der Waals surface area contributed by atoms with Gasteiger partial charge in [0.1, 0.15) is 12.6 Å². The zero-order chi connectivity index (χ0) is 14.9. The molecule has 0 aromatic heterocycles. The molecule has 4 nitrogen and oxygen atoms in total. The van der Waals surface area contributed by atoms with E-state index in [0.29, 0.717) is 17.4 Å². The second kappa shape index (κ2) is 9.32. The van der Waals surface area contributed by atoms with Crippen molar-refractivity contribution in [1.82, 2.24) is 0 Å². The van der Waals surface area contributed by atoms with E-state index in [0.717, 1.165) is 19.3 Å². The van der Waals surface area contributed by atoms with Gasteiger partial charge < -0.3 is 19.5 Å². The Labute approximate surface area is 118 Å². The monoisotopic (exact) mass is 273 g/mol. The highest BCUT2D eigenvalue weighted by Gasteiger charge is 2.25. The van der Waals surface area contributed by atoms with Gasteiger partial charge in [0.25, 0.3) is 0 Å². The Bertz CT molecular complexity index is 248. The highest BCUT2D eigenvalue weighted by Crippen LogP contribution is 2.16. The standard InChI is InChI=1S/C15H31NO3/c1-5-6-7-8-9-10-11-13(15(18)19)14(17)12-16(2,3)4/h13-14,17H,5-12H2,1-4H3. The molecule has 0 saturated carbocycles. The number of carboxylic acid groups (broad SMARTS) is 1. The molecule has 2 atom stereocenters. The number of rotatable bonds is 11. The van der Waals surface area contributed by atoms with Crippen molar-refractivity contribution < 1.29 is 19.5 Å². The smallest absolute Gasteiger partial charge is 0.111 e. The number of carboxylic acids is 1. The van der Waals surface area contributed by atoms with Gasteiger partial charge >= 0.3 is 0 Å². The van der Waals surface area contributed by atoms with Crippen molar-refractivity contribution in [2.45, 2.75) is 58.0 Å². The van der Waals surface area contributed by atoms with E-state index in [1.54, 1.807) is 0 Å². The number of hydrogen-bond acceptors (Lipinski definition) is 3. The third kappa shape index (κ3) is 9.91. The summed E-state index contributed by atoms with van der Waals surface area (Å²) in [7, 11) is 5.83. The molecular weight excluding hydrogens is 242 g/mol. The molecule has 2 unspecified atom stereocenters. The average Bonchev–Trinajstić information content (AvgIpc) is 2.24. The molecule has 0 aliphatic rings. The van der Waals surface area contributed by atoms with Crippen LogP contribution in [0.5, 0.6) is 0 Å².